The molecule has 0 saturated carbocycles. The average Bonchev–Trinajstić information content (AvgIpc) is 3.46. The number of hydrogen-bond acceptors (Lipinski definition) is 7. The number of nitrogens with zero attached hydrogens (tertiary/aromatic N) is 1. The first-order valence-electron chi connectivity index (χ1n) is 14.6. The highest BCUT2D eigenvalue weighted by Crippen LogP contribution is 2.32. The first kappa shape index (κ1) is 34.9. The number of thiophene rings is 1. The predicted octanol–water partition coefficient (Wildman–Crippen LogP) is 7.13. The van der Waals surface area contributed by atoms with E-state index < -0.39 is 41.4 Å². The van der Waals surface area contributed by atoms with Crippen LogP contribution in [-0.4, -0.2) is 56.0 Å². The van der Waals surface area contributed by atoms with Gasteiger partial charge in [-0.15, -0.1) is 11.3 Å². The van der Waals surface area contributed by atoms with Crippen LogP contribution in [0.4, 0.5) is 18.9 Å². The smallest absolute Gasteiger partial charge is 0.416 e. The van der Waals surface area contributed by atoms with E-state index in [2.05, 4.69) is 5.32 Å². The number of carbonyl (C=O) groups is 4. The third-order valence-electron chi connectivity index (χ3n) is 7.21. The number of rotatable bonds is 11. The Kier molecular flexibility index (Phi) is 11.2. The molecule has 1 heterocycles. The summed E-state index contributed by atoms with van der Waals surface area (Å²) in [5, 5.41) is 4.58. The van der Waals surface area contributed by atoms with Crippen LogP contribution >= 0.6 is 11.3 Å². The molecule has 0 saturated heterocycles. The molecule has 12 heteroatoms. The van der Waals surface area contributed by atoms with Gasteiger partial charge in [0.2, 0.25) is 0 Å². The standard InChI is InChI=1S/C35H33F3N2O6S/c1-5-45-34(44)28(31-21(2)16-17-47-31)20-46-30(41)19-22-10-15-29(27(18-22)33(43)40(3)4)39-32(42)26-9-7-6-8-25(26)23-11-13-24(14-12-23)35(36,37)38/h6-18,28H,5,19-20H2,1-4H3,(H,39,42). The number of hydrogen-bond donors (Lipinski definition) is 1. The molecule has 4 aromatic rings. The fourth-order valence-corrected chi connectivity index (χ4v) is 5.82. The molecule has 0 fully saturated rings. The number of esters is 2. The second-order valence-electron chi connectivity index (χ2n) is 10.8. The van der Waals surface area contributed by atoms with Crippen LogP contribution in [0.15, 0.2) is 78.2 Å². The summed E-state index contributed by atoms with van der Waals surface area (Å²) in [6.07, 6.45) is -4.71. The summed E-state index contributed by atoms with van der Waals surface area (Å²) in [5.74, 6) is -2.92. The fraction of sp³-hybridized carbons (Fsp3) is 0.257. The summed E-state index contributed by atoms with van der Waals surface area (Å²) in [6, 6.07) is 17.3. The molecule has 2 amide bonds. The molecule has 0 aliphatic carbocycles. The van der Waals surface area contributed by atoms with Crippen molar-refractivity contribution in [2.75, 3.05) is 32.6 Å². The van der Waals surface area contributed by atoms with Crippen LogP contribution in [0.1, 0.15) is 55.1 Å². The van der Waals surface area contributed by atoms with Gasteiger partial charge in [-0.1, -0.05) is 36.4 Å². The SMILES string of the molecule is CCOC(=O)C(COC(=O)Cc1ccc(NC(=O)c2ccccc2-c2ccc(C(F)(F)F)cc2)c(C(=O)N(C)C)c1)c1sccc1C. The first-order chi connectivity index (χ1) is 22.3. The van der Waals surface area contributed by atoms with E-state index in [9.17, 15) is 32.3 Å². The Morgan fingerprint density at radius 3 is 2.23 bits per heavy atom. The molecule has 1 N–H and O–H groups in total. The lowest BCUT2D eigenvalue weighted by Gasteiger charge is -2.18. The molecule has 0 aliphatic rings. The van der Waals surface area contributed by atoms with Gasteiger partial charge < -0.3 is 19.7 Å². The van der Waals surface area contributed by atoms with E-state index in [1.165, 1.54) is 60.7 Å². The van der Waals surface area contributed by atoms with Crippen molar-refractivity contribution in [1.82, 2.24) is 4.90 Å². The molecule has 1 atom stereocenters. The first-order valence-corrected chi connectivity index (χ1v) is 15.5. The molecular weight excluding hydrogens is 633 g/mol. The van der Waals surface area contributed by atoms with Crippen LogP contribution in [0.25, 0.3) is 11.1 Å². The summed E-state index contributed by atoms with van der Waals surface area (Å²) in [6.45, 7) is 3.52. The van der Waals surface area contributed by atoms with Crippen molar-refractivity contribution in [2.24, 2.45) is 0 Å². The van der Waals surface area contributed by atoms with Crippen LogP contribution in [0.5, 0.6) is 0 Å². The van der Waals surface area contributed by atoms with Crippen molar-refractivity contribution in [1.29, 1.82) is 0 Å². The molecule has 8 nitrogen and oxygen atoms in total. The Bertz CT molecular complexity index is 1770. The molecule has 0 radical (unpaired) electrons. The van der Waals surface area contributed by atoms with E-state index in [-0.39, 0.29) is 36.4 Å². The van der Waals surface area contributed by atoms with Gasteiger partial charge in [0, 0.05) is 24.5 Å². The van der Waals surface area contributed by atoms with Gasteiger partial charge in [-0.25, -0.2) is 0 Å². The third-order valence-corrected chi connectivity index (χ3v) is 8.35. The molecule has 3 aromatic carbocycles. The van der Waals surface area contributed by atoms with E-state index >= 15 is 0 Å². The lowest BCUT2D eigenvalue weighted by molar-refractivity contribution is -0.150. The number of aryl methyl sites for hydroxylation is 1. The molecule has 0 bridgehead atoms. The van der Waals surface area contributed by atoms with Gasteiger partial charge in [0.25, 0.3) is 11.8 Å². The van der Waals surface area contributed by atoms with Gasteiger partial charge in [0.1, 0.15) is 12.5 Å². The van der Waals surface area contributed by atoms with E-state index in [0.29, 0.717) is 16.7 Å². The Hall–Kier alpha value is -4.97. The normalized spacial score (nSPS) is 11.8. The van der Waals surface area contributed by atoms with Gasteiger partial charge in [0.15, 0.2) is 0 Å². The van der Waals surface area contributed by atoms with Crippen molar-refractivity contribution in [3.63, 3.8) is 0 Å². The van der Waals surface area contributed by atoms with E-state index in [0.717, 1.165) is 22.6 Å². The second-order valence-corrected chi connectivity index (χ2v) is 11.7. The van der Waals surface area contributed by atoms with Crippen LogP contribution in [0, 0.1) is 6.92 Å². The maximum atomic E-state index is 13.5. The molecule has 0 spiro atoms. The van der Waals surface area contributed by atoms with E-state index in [1.807, 2.05) is 18.4 Å². The Morgan fingerprint density at radius 1 is 0.915 bits per heavy atom. The van der Waals surface area contributed by atoms with Crippen molar-refractivity contribution in [2.45, 2.75) is 32.4 Å². The number of ether oxygens (including phenoxy) is 2. The zero-order chi connectivity index (χ0) is 34.3. The molecule has 246 valence electrons. The van der Waals surface area contributed by atoms with Crippen molar-refractivity contribution in [3.05, 3.63) is 111 Å². The Morgan fingerprint density at radius 2 is 1.62 bits per heavy atom. The van der Waals surface area contributed by atoms with Gasteiger partial charge in [-0.05, 0) is 77.9 Å². The van der Waals surface area contributed by atoms with Gasteiger partial charge >= 0.3 is 18.1 Å². The summed E-state index contributed by atoms with van der Waals surface area (Å²) < 4.78 is 49.9. The second kappa shape index (κ2) is 15.1. The monoisotopic (exact) mass is 666 g/mol. The van der Waals surface area contributed by atoms with Crippen LogP contribution in [-0.2, 0) is 31.7 Å². The quantitative estimate of drug-likeness (QED) is 0.171. The van der Waals surface area contributed by atoms with Crippen LogP contribution in [0.3, 0.4) is 0 Å². The highest BCUT2D eigenvalue weighted by atomic mass is 32.1. The summed E-state index contributed by atoms with van der Waals surface area (Å²) in [5.41, 5.74) is 1.77. The van der Waals surface area contributed by atoms with Crippen LogP contribution < -0.4 is 5.32 Å². The maximum Gasteiger partial charge on any atom is 0.416 e. The summed E-state index contributed by atoms with van der Waals surface area (Å²) >= 11 is 1.37. The summed E-state index contributed by atoms with van der Waals surface area (Å²) in [7, 11) is 3.08. The van der Waals surface area contributed by atoms with Gasteiger partial charge in [-0.2, -0.15) is 13.2 Å². The van der Waals surface area contributed by atoms with Crippen molar-refractivity contribution < 1.29 is 41.8 Å². The highest BCUT2D eigenvalue weighted by molar-refractivity contribution is 7.10. The number of amides is 2. The lowest BCUT2D eigenvalue weighted by atomic mass is 9.97. The maximum absolute atomic E-state index is 13.5. The molecule has 4 rings (SSSR count). The lowest BCUT2D eigenvalue weighted by Crippen LogP contribution is -2.25. The molecular formula is C35H33F3N2O6S. The average molecular weight is 667 g/mol. The molecule has 1 unspecified atom stereocenters. The minimum Gasteiger partial charge on any atom is -0.465 e. The Balaban J connectivity index is 1.54. The highest BCUT2D eigenvalue weighted by Gasteiger charge is 2.30. The molecule has 1 aromatic heterocycles. The minimum atomic E-state index is -4.50. The van der Waals surface area contributed by atoms with Crippen molar-refractivity contribution >= 4 is 40.8 Å². The number of anilines is 1. The van der Waals surface area contributed by atoms with E-state index in [4.69, 9.17) is 9.47 Å². The fourth-order valence-electron chi connectivity index (χ4n) is 4.82. The Labute approximate surface area is 274 Å². The van der Waals surface area contributed by atoms with Crippen LogP contribution in [0.2, 0.25) is 0 Å². The minimum absolute atomic E-state index is 0.110. The van der Waals surface area contributed by atoms with E-state index in [1.54, 1.807) is 31.2 Å². The third kappa shape index (κ3) is 8.64. The van der Waals surface area contributed by atoms with Crippen molar-refractivity contribution in [3.8, 4) is 11.1 Å². The molecule has 0 aliphatic heterocycles. The van der Waals surface area contributed by atoms with Gasteiger partial charge in [-0.3, -0.25) is 19.2 Å². The predicted molar refractivity (Wildman–Crippen MR) is 172 cm³/mol. The zero-order valence-electron chi connectivity index (χ0n) is 26.1. The zero-order valence-corrected chi connectivity index (χ0v) is 27.0. The number of carbonyl (C=O) groups excluding carboxylic acids is 4. The summed E-state index contributed by atoms with van der Waals surface area (Å²) in [4.78, 5) is 54.2. The number of alkyl halides is 3. The topological polar surface area (TPSA) is 102 Å². The number of halogens is 3. The largest absolute Gasteiger partial charge is 0.465 e. The number of nitrogens with one attached hydrogen (secondary N) is 1. The number of benzene rings is 3. The van der Waals surface area contributed by atoms with Gasteiger partial charge in [0.05, 0.1) is 29.8 Å². The molecule has 47 heavy (non-hydrogen) atoms.